The first kappa shape index (κ1) is 20.3. The minimum atomic E-state index is -0.0482. The van der Waals surface area contributed by atoms with Crippen LogP contribution in [-0.4, -0.2) is 35.4 Å². The number of carbonyl (C=O) groups is 1. The molecule has 1 aromatic heterocycles. The second kappa shape index (κ2) is 9.23. The largest absolute Gasteiger partial charge is 0.373 e. The van der Waals surface area contributed by atoms with Crippen LogP contribution in [0.1, 0.15) is 51.9 Å². The number of nitrogens with zero attached hydrogens (tertiary/aromatic N) is 2. The standard InChI is InChI=1S/C28H27N3O/c32-28(23-14-16-29-17-15-23)30-18-20-31-19-6-5-11-26(31)27-24-9-3-1-7-21(24)12-13-22-8-2-4-10-25(22)27/h1-4,7-10,12-17H,5-6,11,18-20H2,(H,30,32). The summed E-state index contributed by atoms with van der Waals surface area (Å²) < 4.78 is 0. The first-order chi connectivity index (χ1) is 15.8. The lowest BCUT2D eigenvalue weighted by atomic mass is 9.89. The predicted molar refractivity (Wildman–Crippen MR) is 130 cm³/mol. The minimum absolute atomic E-state index is 0.0482. The maximum absolute atomic E-state index is 12.5. The van der Waals surface area contributed by atoms with E-state index in [9.17, 15) is 4.79 Å². The molecule has 3 aromatic rings. The first-order valence-electron chi connectivity index (χ1n) is 11.3. The van der Waals surface area contributed by atoms with Crippen LogP contribution in [0, 0.1) is 0 Å². The van der Waals surface area contributed by atoms with Crippen LogP contribution >= 0.6 is 0 Å². The Hall–Kier alpha value is -3.66. The van der Waals surface area contributed by atoms with Crippen molar-refractivity contribution in [2.24, 2.45) is 0 Å². The number of fused-ring (bicyclic) bond motifs is 2. The molecular weight excluding hydrogens is 394 g/mol. The highest BCUT2D eigenvalue weighted by Gasteiger charge is 2.24. The highest BCUT2D eigenvalue weighted by Crippen LogP contribution is 2.39. The Morgan fingerprint density at radius 3 is 2.22 bits per heavy atom. The second-order valence-electron chi connectivity index (χ2n) is 8.27. The van der Waals surface area contributed by atoms with Gasteiger partial charge in [-0.05, 0) is 53.6 Å². The highest BCUT2D eigenvalue weighted by atomic mass is 16.1. The van der Waals surface area contributed by atoms with Gasteiger partial charge in [-0.2, -0.15) is 0 Å². The topological polar surface area (TPSA) is 45.2 Å². The number of allylic oxidation sites excluding steroid dienone is 1. The second-order valence-corrected chi connectivity index (χ2v) is 8.27. The molecule has 1 saturated heterocycles. The van der Waals surface area contributed by atoms with Gasteiger partial charge in [0.25, 0.3) is 5.91 Å². The third kappa shape index (κ3) is 4.09. The molecule has 160 valence electrons. The van der Waals surface area contributed by atoms with E-state index in [-0.39, 0.29) is 5.91 Å². The Labute approximate surface area is 189 Å². The van der Waals surface area contributed by atoms with Gasteiger partial charge in [-0.1, -0.05) is 60.7 Å². The predicted octanol–water partition coefficient (Wildman–Crippen LogP) is 5.24. The van der Waals surface area contributed by atoms with Gasteiger partial charge in [-0.25, -0.2) is 0 Å². The lowest BCUT2D eigenvalue weighted by molar-refractivity contribution is 0.0949. The van der Waals surface area contributed by atoms with Gasteiger partial charge >= 0.3 is 0 Å². The molecule has 4 nitrogen and oxygen atoms in total. The molecule has 32 heavy (non-hydrogen) atoms. The van der Waals surface area contributed by atoms with E-state index in [1.54, 1.807) is 24.5 Å². The SMILES string of the molecule is O=C(NCCN1CCCCC1=C1c2ccccc2C=Cc2ccccc21)c1ccncc1. The van der Waals surface area contributed by atoms with Crippen molar-refractivity contribution in [3.05, 3.63) is 107 Å². The van der Waals surface area contributed by atoms with Gasteiger partial charge in [-0.15, -0.1) is 0 Å². The maximum atomic E-state index is 12.5. The van der Waals surface area contributed by atoms with Crippen molar-refractivity contribution in [3.8, 4) is 0 Å². The van der Waals surface area contributed by atoms with Gasteiger partial charge in [0.2, 0.25) is 0 Å². The molecule has 0 saturated carbocycles. The molecule has 1 aliphatic heterocycles. The van der Waals surface area contributed by atoms with Gasteiger partial charge in [0.05, 0.1) is 0 Å². The van der Waals surface area contributed by atoms with Crippen LogP contribution in [-0.2, 0) is 0 Å². The van der Waals surface area contributed by atoms with Crippen molar-refractivity contribution in [2.45, 2.75) is 19.3 Å². The summed E-state index contributed by atoms with van der Waals surface area (Å²) in [5, 5.41) is 3.08. The summed E-state index contributed by atoms with van der Waals surface area (Å²) in [6.07, 6.45) is 11.2. The zero-order valence-electron chi connectivity index (χ0n) is 18.1. The molecule has 2 aromatic carbocycles. The fraction of sp³-hybridized carbons (Fsp3) is 0.214. The first-order valence-corrected chi connectivity index (χ1v) is 11.3. The van der Waals surface area contributed by atoms with Crippen LogP contribution in [0.3, 0.4) is 0 Å². The highest BCUT2D eigenvalue weighted by molar-refractivity contribution is 5.95. The van der Waals surface area contributed by atoms with E-state index in [4.69, 9.17) is 0 Å². The number of nitrogens with one attached hydrogen (secondary N) is 1. The van der Waals surface area contributed by atoms with Crippen molar-refractivity contribution in [3.63, 3.8) is 0 Å². The van der Waals surface area contributed by atoms with E-state index >= 15 is 0 Å². The molecule has 0 unspecified atom stereocenters. The van der Waals surface area contributed by atoms with E-state index in [1.807, 2.05) is 0 Å². The summed E-state index contributed by atoms with van der Waals surface area (Å²) in [4.78, 5) is 18.9. The summed E-state index contributed by atoms with van der Waals surface area (Å²) in [7, 11) is 0. The average molecular weight is 422 g/mol. The zero-order valence-corrected chi connectivity index (χ0v) is 18.1. The molecule has 1 aliphatic carbocycles. The minimum Gasteiger partial charge on any atom is -0.373 e. The van der Waals surface area contributed by atoms with Crippen LogP contribution in [0.4, 0.5) is 0 Å². The Bertz CT molecular complexity index is 1130. The summed E-state index contributed by atoms with van der Waals surface area (Å²) in [6, 6.07) is 20.8. The fourth-order valence-electron chi connectivity index (χ4n) is 4.70. The van der Waals surface area contributed by atoms with Crippen LogP contribution < -0.4 is 5.32 Å². The lowest BCUT2D eigenvalue weighted by Crippen LogP contribution is -2.37. The number of piperidine rings is 1. The fourth-order valence-corrected chi connectivity index (χ4v) is 4.70. The van der Waals surface area contributed by atoms with Crippen molar-refractivity contribution >= 4 is 23.6 Å². The van der Waals surface area contributed by atoms with Crippen LogP contribution in [0.2, 0.25) is 0 Å². The van der Waals surface area contributed by atoms with E-state index in [0.29, 0.717) is 12.1 Å². The molecule has 0 spiro atoms. The maximum Gasteiger partial charge on any atom is 0.251 e. The zero-order chi connectivity index (χ0) is 21.8. The van der Waals surface area contributed by atoms with Crippen LogP contribution in [0.15, 0.2) is 78.8 Å². The molecule has 4 heteroatoms. The smallest absolute Gasteiger partial charge is 0.251 e. The Kier molecular flexibility index (Phi) is 5.84. The van der Waals surface area contributed by atoms with Crippen molar-refractivity contribution in [1.29, 1.82) is 0 Å². The van der Waals surface area contributed by atoms with Crippen molar-refractivity contribution in [2.75, 3.05) is 19.6 Å². The van der Waals surface area contributed by atoms with E-state index < -0.39 is 0 Å². The van der Waals surface area contributed by atoms with E-state index in [2.05, 4.69) is 75.9 Å². The summed E-state index contributed by atoms with van der Waals surface area (Å²) in [5.74, 6) is -0.0482. The Morgan fingerprint density at radius 1 is 0.875 bits per heavy atom. The van der Waals surface area contributed by atoms with Gasteiger partial charge in [0.1, 0.15) is 0 Å². The molecule has 1 N–H and O–H groups in total. The molecule has 0 bridgehead atoms. The molecule has 2 aliphatic rings. The Balaban J connectivity index is 1.47. The molecule has 2 heterocycles. The number of hydrogen-bond donors (Lipinski definition) is 1. The average Bonchev–Trinajstić information content (AvgIpc) is 3.02. The van der Waals surface area contributed by atoms with Gasteiger partial charge in [-0.3, -0.25) is 9.78 Å². The number of rotatable bonds is 4. The number of amides is 1. The van der Waals surface area contributed by atoms with Gasteiger partial charge < -0.3 is 10.2 Å². The summed E-state index contributed by atoms with van der Waals surface area (Å²) in [6.45, 7) is 2.43. The molecule has 0 radical (unpaired) electrons. The number of carbonyl (C=O) groups excluding carboxylic acids is 1. The lowest BCUT2D eigenvalue weighted by Gasteiger charge is -2.34. The number of pyridine rings is 1. The number of aromatic nitrogens is 1. The number of benzene rings is 2. The summed E-state index contributed by atoms with van der Waals surface area (Å²) >= 11 is 0. The number of likely N-dealkylation sites (tertiary alicyclic amines) is 1. The molecule has 1 fully saturated rings. The van der Waals surface area contributed by atoms with Crippen LogP contribution in [0.25, 0.3) is 17.7 Å². The van der Waals surface area contributed by atoms with Crippen LogP contribution in [0.5, 0.6) is 0 Å². The molecular formula is C28H27N3O. The van der Waals surface area contributed by atoms with E-state index in [0.717, 1.165) is 19.5 Å². The summed E-state index contributed by atoms with van der Waals surface area (Å²) in [5.41, 5.74) is 8.45. The molecule has 1 amide bonds. The third-order valence-electron chi connectivity index (χ3n) is 6.27. The Morgan fingerprint density at radius 2 is 1.53 bits per heavy atom. The number of hydrogen-bond acceptors (Lipinski definition) is 3. The van der Waals surface area contributed by atoms with Gasteiger partial charge in [0.15, 0.2) is 0 Å². The molecule has 0 atom stereocenters. The normalized spacial score (nSPS) is 15.1. The third-order valence-corrected chi connectivity index (χ3v) is 6.27. The van der Waals surface area contributed by atoms with Crippen molar-refractivity contribution < 1.29 is 4.79 Å². The quantitative estimate of drug-likeness (QED) is 0.490. The van der Waals surface area contributed by atoms with Gasteiger partial charge in [0, 0.05) is 48.9 Å². The van der Waals surface area contributed by atoms with Crippen molar-refractivity contribution in [1.82, 2.24) is 15.2 Å². The van der Waals surface area contributed by atoms with E-state index in [1.165, 1.54) is 46.4 Å². The monoisotopic (exact) mass is 421 g/mol. The molecule has 5 rings (SSSR count).